The first kappa shape index (κ1) is 14.9. The van der Waals surface area contributed by atoms with Crippen molar-refractivity contribution in [2.45, 2.75) is 43.3 Å². The number of ether oxygens (including phenoxy) is 1. The van der Waals surface area contributed by atoms with Crippen LogP contribution in [-0.4, -0.2) is 41.9 Å². The molecule has 1 aliphatic rings. The van der Waals surface area contributed by atoms with Crippen molar-refractivity contribution >= 4 is 11.8 Å². The topological polar surface area (TPSA) is 54.6 Å². The van der Waals surface area contributed by atoms with Crippen molar-refractivity contribution in [1.82, 2.24) is 5.32 Å². The summed E-state index contributed by atoms with van der Waals surface area (Å²) in [6.07, 6.45) is 7.11. The Morgan fingerprint density at radius 2 is 2.47 bits per heavy atom. The monoisotopic (exact) mass is 285 g/mol. The van der Waals surface area contributed by atoms with Crippen LogP contribution in [0.5, 0.6) is 0 Å². The molecular formula is C14H23NO3S. The zero-order valence-corrected chi connectivity index (χ0v) is 12.2. The molecule has 5 heteroatoms. The van der Waals surface area contributed by atoms with Crippen LogP contribution in [0.25, 0.3) is 0 Å². The van der Waals surface area contributed by atoms with Crippen LogP contribution in [0.15, 0.2) is 22.8 Å². The molecule has 3 atom stereocenters. The van der Waals surface area contributed by atoms with Crippen molar-refractivity contribution < 1.29 is 14.3 Å². The van der Waals surface area contributed by atoms with E-state index in [1.54, 1.807) is 6.26 Å². The molecule has 0 bridgehead atoms. The van der Waals surface area contributed by atoms with Crippen molar-refractivity contribution in [3.8, 4) is 0 Å². The number of hydrogen-bond donors (Lipinski definition) is 2. The molecule has 1 aromatic heterocycles. The zero-order chi connectivity index (χ0) is 13.5. The maximum Gasteiger partial charge on any atom is 0.129 e. The van der Waals surface area contributed by atoms with Gasteiger partial charge < -0.3 is 19.6 Å². The summed E-state index contributed by atoms with van der Waals surface area (Å²) in [6.45, 7) is 1.35. The molecule has 0 aliphatic heterocycles. The van der Waals surface area contributed by atoms with Gasteiger partial charge in [0.25, 0.3) is 0 Å². The van der Waals surface area contributed by atoms with Gasteiger partial charge in [-0.05, 0) is 31.2 Å². The molecular weight excluding hydrogens is 262 g/mol. The number of aliphatic hydroxyl groups is 1. The normalized spacial score (nSPS) is 24.7. The Kier molecular flexibility index (Phi) is 6.23. The van der Waals surface area contributed by atoms with Gasteiger partial charge in [-0.3, -0.25) is 0 Å². The molecule has 108 valence electrons. The van der Waals surface area contributed by atoms with E-state index in [-0.39, 0.29) is 0 Å². The van der Waals surface area contributed by atoms with E-state index in [4.69, 9.17) is 9.15 Å². The van der Waals surface area contributed by atoms with Crippen LogP contribution in [-0.2, 0) is 11.3 Å². The van der Waals surface area contributed by atoms with Crippen molar-refractivity contribution in [1.29, 1.82) is 0 Å². The molecule has 0 aromatic carbocycles. The van der Waals surface area contributed by atoms with Crippen molar-refractivity contribution in [2.24, 2.45) is 0 Å². The minimum absolute atomic E-state index is 0.338. The molecule has 1 heterocycles. The lowest BCUT2D eigenvalue weighted by Gasteiger charge is -2.21. The van der Waals surface area contributed by atoms with Crippen molar-refractivity contribution in [3.05, 3.63) is 24.2 Å². The molecule has 0 radical (unpaired) electrons. The molecule has 3 unspecified atom stereocenters. The highest BCUT2D eigenvalue weighted by Gasteiger charge is 2.26. The lowest BCUT2D eigenvalue weighted by atomic mass is 10.2. The summed E-state index contributed by atoms with van der Waals surface area (Å²) in [5, 5.41) is 14.0. The van der Waals surface area contributed by atoms with Gasteiger partial charge in [0.05, 0.1) is 19.0 Å². The minimum Gasteiger partial charge on any atom is -0.467 e. The zero-order valence-electron chi connectivity index (χ0n) is 11.4. The van der Waals surface area contributed by atoms with Crippen molar-refractivity contribution in [3.63, 3.8) is 0 Å². The van der Waals surface area contributed by atoms with Crippen LogP contribution < -0.4 is 5.32 Å². The van der Waals surface area contributed by atoms with E-state index < -0.39 is 6.10 Å². The van der Waals surface area contributed by atoms with Gasteiger partial charge in [-0.25, -0.2) is 0 Å². The SMILES string of the molecule is CSC1CCCC1NCC(O)COCc1ccco1. The van der Waals surface area contributed by atoms with E-state index in [1.807, 2.05) is 23.9 Å². The second-order valence-electron chi connectivity index (χ2n) is 4.97. The molecule has 1 aromatic rings. The second-order valence-corrected chi connectivity index (χ2v) is 6.05. The van der Waals surface area contributed by atoms with E-state index in [1.165, 1.54) is 19.3 Å². The number of hydrogen-bond acceptors (Lipinski definition) is 5. The van der Waals surface area contributed by atoms with Gasteiger partial charge in [0.15, 0.2) is 0 Å². The Labute approximate surface area is 118 Å². The third-order valence-corrected chi connectivity index (χ3v) is 4.68. The summed E-state index contributed by atoms with van der Waals surface area (Å²) in [7, 11) is 0. The average molecular weight is 285 g/mol. The fraction of sp³-hybridized carbons (Fsp3) is 0.714. The molecule has 2 rings (SSSR count). The van der Waals surface area contributed by atoms with E-state index in [0.717, 1.165) is 5.76 Å². The molecule has 4 nitrogen and oxygen atoms in total. The van der Waals surface area contributed by atoms with Crippen LogP contribution in [0.1, 0.15) is 25.0 Å². The quantitative estimate of drug-likeness (QED) is 0.765. The lowest BCUT2D eigenvalue weighted by Crippen LogP contribution is -2.40. The first-order chi connectivity index (χ1) is 9.29. The molecule has 0 spiro atoms. The second kappa shape index (κ2) is 7.94. The molecule has 19 heavy (non-hydrogen) atoms. The lowest BCUT2D eigenvalue weighted by molar-refractivity contribution is 0.0217. The predicted octanol–water partition coefficient (Wildman–Crippen LogP) is 2.03. The Hall–Kier alpha value is -0.490. The average Bonchev–Trinajstić information content (AvgIpc) is 3.07. The first-order valence-corrected chi connectivity index (χ1v) is 8.12. The van der Waals surface area contributed by atoms with Crippen molar-refractivity contribution in [2.75, 3.05) is 19.4 Å². The Morgan fingerprint density at radius 1 is 1.58 bits per heavy atom. The Bertz CT molecular complexity index is 344. The van der Waals surface area contributed by atoms with Crippen LogP contribution in [0.2, 0.25) is 0 Å². The van der Waals surface area contributed by atoms with E-state index >= 15 is 0 Å². The highest BCUT2D eigenvalue weighted by molar-refractivity contribution is 7.99. The third-order valence-electron chi connectivity index (χ3n) is 3.51. The predicted molar refractivity (Wildman–Crippen MR) is 77.3 cm³/mol. The number of aliphatic hydroxyl groups excluding tert-OH is 1. The smallest absolute Gasteiger partial charge is 0.129 e. The molecule has 0 amide bonds. The first-order valence-electron chi connectivity index (χ1n) is 6.84. The van der Waals surface area contributed by atoms with Gasteiger partial charge in [-0.15, -0.1) is 0 Å². The molecule has 0 saturated heterocycles. The molecule has 1 saturated carbocycles. The van der Waals surface area contributed by atoms with Gasteiger partial charge >= 0.3 is 0 Å². The standard InChI is InChI=1S/C14H23NO3S/c1-19-14-6-2-5-13(14)15-8-11(16)9-17-10-12-4-3-7-18-12/h3-4,7,11,13-16H,2,5-6,8-10H2,1H3. The molecule has 2 N–H and O–H groups in total. The van der Waals surface area contributed by atoms with Crippen LogP contribution >= 0.6 is 11.8 Å². The van der Waals surface area contributed by atoms with Gasteiger partial charge in [-0.1, -0.05) is 6.42 Å². The summed E-state index contributed by atoms with van der Waals surface area (Å²) in [5.41, 5.74) is 0. The van der Waals surface area contributed by atoms with Gasteiger partial charge in [0, 0.05) is 17.8 Å². The highest BCUT2D eigenvalue weighted by Crippen LogP contribution is 2.28. The van der Waals surface area contributed by atoms with Crippen LogP contribution in [0.4, 0.5) is 0 Å². The maximum absolute atomic E-state index is 9.87. The maximum atomic E-state index is 9.87. The Morgan fingerprint density at radius 3 is 3.21 bits per heavy atom. The van der Waals surface area contributed by atoms with Gasteiger partial charge in [0.2, 0.25) is 0 Å². The fourth-order valence-electron chi connectivity index (χ4n) is 2.48. The van der Waals surface area contributed by atoms with E-state index in [0.29, 0.717) is 31.1 Å². The fourth-order valence-corrected chi connectivity index (χ4v) is 3.44. The van der Waals surface area contributed by atoms with Crippen LogP contribution in [0.3, 0.4) is 0 Å². The summed E-state index contributed by atoms with van der Waals surface area (Å²) >= 11 is 1.92. The number of rotatable bonds is 8. The summed E-state index contributed by atoms with van der Waals surface area (Å²) in [5.74, 6) is 0.790. The number of nitrogens with one attached hydrogen (secondary N) is 1. The molecule has 1 fully saturated rings. The van der Waals surface area contributed by atoms with Gasteiger partial charge in [-0.2, -0.15) is 11.8 Å². The van der Waals surface area contributed by atoms with Gasteiger partial charge in [0.1, 0.15) is 12.4 Å². The van der Waals surface area contributed by atoms with E-state index in [9.17, 15) is 5.11 Å². The molecule has 1 aliphatic carbocycles. The Balaban J connectivity index is 1.58. The summed E-state index contributed by atoms with van der Waals surface area (Å²) < 4.78 is 10.6. The summed E-state index contributed by atoms with van der Waals surface area (Å²) in [4.78, 5) is 0. The van der Waals surface area contributed by atoms with Crippen LogP contribution in [0, 0.1) is 0 Å². The third kappa shape index (κ3) is 4.84. The number of furan rings is 1. The van der Waals surface area contributed by atoms with E-state index in [2.05, 4.69) is 11.6 Å². The number of thioether (sulfide) groups is 1. The minimum atomic E-state index is -0.460. The summed E-state index contributed by atoms with van der Waals surface area (Å²) in [6, 6.07) is 4.24. The largest absolute Gasteiger partial charge is 0.467 e. The highest BCUT2D eigenvalue weighted by atomic mass is 32.2.